The van der Waals surface area contributed by atoms with E-state index >= 15 is 0 Å². The molecule has 0 radical (unpaired) electrons. The molecule has 82 valence electrons. The zero-order chi connectivity index (χ0) is 10.6. The highest BCUT2D eigenvalue weighted by molar-refractivity contribution is 5.68. The molecule has 0 saturated carbocycles. The number of hydrogen-bond acceptors (Lipinski definition) is 3. The van der Waals surface area contributed by atoms with Crippen LogP contribution in [0.5, 0.6) is 0 Å². The van der Waals surface area contributed by atoms with Crippen LogP contribution in [0.2, 0.25) is 0 Å². The van der Waals surface area contributed by atoms with Gasteiger partial charge in [-0.1, -0.05) is 6.92 Å². The average Bonchev–Trinajstić information content (AvgIpc) is 2.14. The van der Waals surface area contributed by atoms with Crippen LogP contribution in [0, 0.1) is 5.92 Å². The van der Waals surface area contributed by atoms with E-state index in [0.717, 1.165) is 19.4 Å². The third-order valence-electron chi connectivity index (χ3n) is 2.69. The van der Waals surface area contributed by atoms with Gasteiger partial charge in [0.15, 0.2) is 0 Å². The lowest BCUT2D eigenvalue weighted by Crippen LogP contribution is -2.44. The number of ether oxygens (including phenoxy) is 1. The molecule has 1 N–H and O–H groups in total. The van der Waals surface area contributed by atoms with E-state index in [1.54, 1.807) is 4.90 Å². The molecule has 1 aliphatic heterocycles. The fraction of sp³-hybridized carbons (Fsp3) is 0.900. The van der Waals surface area contributed by atoms with Crippen molar-refractivity contribution in [1.29, 1.82) is 0 Å². The van der Waals surface area contributed by atoms with E-state index in [1.807, 2.05) is 6.92 Å². The smallest absolute Gasteiger partial charge is 0.410 e. The van der Waals surface area contributed by atoms with Gasteiger partial charge >= 0.3 is 6.09 Å². The Hall–Kier alpha value is -0.770. The summed E-state index contributed by atoms with van der Waals surface area (Å²) < 4.78 is 4.87. The Morgan fingerprint density at radius 3 is 2.86 bits per heavy atom. The van der Waals surface area contributed by atoms with Crippen LogP contribution in [0.15, 0.2) is 0 Å². The number of carbonyl (C=O) groups is 1. The minimum absolute atomic E-state index is 0.0948. The quantitative estimate of drug-likeness (QED) is 0.731. The van der Waals surface area contributed by atoms with E-state index in [1.165, 1.54) is 0 Å². The molecule has 1 aliphatic rings. The number of aliphatic hydroxyl groups excluding tert-OH is 1. The predicted octanol–water partition coefficient (Wildman–Crippen LogP) is 1.24. The van der Waals surface area contributed by atoms with Crippen LogP contribution >= 0.6 is 0 Å². The lowest BCUT2D eigenvalue weighted by atomic mass is 9.94. The van der Waals surface area contributed by atoms with Crippen LogP contribution in [-0.4, -0.2) is 41.9 Å². The van der Waals surface area contributed by atoms with Gasteiger partial charge in [-0.25, -0.2) is 4.79 Å². The van der Waals surface area contributed by atoms with Gasteiger partial charge in [0, 0.05) is 12.6 Å². The van der Waals surface area contributed by atoms with Gasteiger partial charge in [0.25, 0.3) is 0 Å². The highest BCUT2D eigenvalue weighted by Gasteiger charge is 2.27. The molecule has 2 atom stereocenters. The van der Waals surface area contributed by atoms with E-state index in [2.05, 4.69) is 6.92 Å². The number of likely N-dealkylation sites (tertiary alicyclic amines) is 1. The molecule has 1 heterocycles. The normalized spacial score (nSPS) is 27.5. The van der Waals surface area contributed by atoms with E-state index in [4.69, 9.17) is 9.84 Å². The number of piperidine rings is 1. The summed E-state index contributed by atoms with van der Waals surface area (Å²) in [5.74, 6) is 0.687. The zero-order valence-electron chi connectivity index (χ0n) is 8.90. The molecule has 1 saturated heterocycles. The van der Waals surface area contributed by atoms with E-state index in [0.29, 0.717) is 5.92 Å². The van der Waals surface area contributed by atoms with Gasteiger partial charge in [0.05, 0.1) is 6.61 Å². The summed E-state index contributed by atoms with van der Waals surface area (Å²) >= 11 is 0. The molecule has 0 bridgehead atoms. The van der Waals surface area contributed by atoms with Crippen molar-refractivity contribution < 1.29 is 14.6 Å². The molecule has 1 amide bonds. The van der Waals surface area contributed by atoms with Gasteiger partial charge < -0.3 is 14.7 Å². The van der Waals surface area contributed by atoms with Crippen molar-refractivity contribution in [1.82, 2.24) is 4.90 Å². The average molecular weight is 201 g/mol. The van der Waals surface area contributed by atoms with Gasteiger partial charge in [-0.15, -0.1) is 0 Å². The third kappa shape index (κ3) is 2.87. The maximum Gasteiger partial charge on any atom is 0.410 e. The van der Waals surface area contributed by atoms with Gasteiger partial charge in [0.1, 0.15) is 6.61 Å². The fourth-order valence-corrected chi connectivity index (χ4v) is 1.89. The molecule has 0 aliphatic carbocycles. The van der Waals surface area contributed by atoms with Crippen LogP contribution < -0.4 is 0 Å². The lowest BCUT2D eigenvalue weighted by molar-refractivity contribution is 0.0569. The minimum atomic E-state index is -0.293. The van der Waals surface area contributed by atoms with Gasteiger partial charge in [-0.05, 0) is 25.7 Å². The standard InChI is InChI=1S/C10H19NO3/c1-8-3-4-11(9(2)7-8)10(13)14-6-5-12/h8-9,12H,3-7H2,1-2H3. The Morgan fingerprint density at radius 1 is 1.57 bits per heavy atom. The molecule has 4 heteroatoms. The molecule has 2 unspecified atom stereocenters. The maximum atomic E-state index is 11.5. The molecule has 1 rings (SSSR count). The van der Waals surface area contributed by atoms with Gasteiger partial charge in [0.2, 0.25) is 0 Å². The van der Waals surface area contributed by atoms with Crippen LogP contribution in [0.25, 0.3) is 0 Å². The molecule has 0 aromatic rings. The summed E-state index contributed by atoms with van der Waals surface area (Å²) in [7, 11) is 0. The topological polar surface area (TPSA) is 49.8 Å². The first-order valence-electron chi connectivity index (χ1n) is 5.19. The summed E-state index contributed by atoms with van der Waals surface area (Å²) in [5.41, 5.74) is 0. The molecule has 1 fully saturated rings. The summed E-state index contributed by atoms with van der Waals surface area (Å²) in [6.07, 6.45) is 1.78. The number of nitrogens with zero attached hydrogens (tertiary/aromatic N) is 1. The number of rotatable bonds is 2. The van der Waals surface area contributed by atoms with Crippen molar-refractivity contribution in [3.8, 4) is 0 Å². The van der Waals surface area contributed by atoms with Crippen LogP contribution in [0.3, 0.4) is 0 Å². The minimum Gasteiger partial charge on any atom is -0.447 e. The van der Waals surface area contributed by atoms with E-state index < -0.39 is 0 Å². The van der Waals surface area contributed by atoms with Gasteiger partial charge in [-0.3, -0.25) is 0 Å². The number of hydrogen-bond donors (Lipinski definition) is 1. The molecule has 0 spiro atoms. The van der Waals surface area contributed by atoms with Crippen molar-refractivity contribution in [2.75, 3.05) is 19.8 Å². The number of amides is 1. The Kier molecular flexibility index (Phi) is 4.20. The third-order valence-corrected chi connectivity index (χ3v) is 2.69. The SMILES string of the molecule is CC1CCN(C(=O)OCCO)C(C)C1. The van der Waals surface area contributed by atoms with Crippen molar-refractivity contribution in [2.24, 2.45) is 5.92 Å². The van der Waals surface area contributed by atoms with Crippen LogP contribution in [0.1, 0.15) is 26.7 Å². The van der Waals surface area contributed by atoms with Crippen molar-refractivity contribution in [3.63, 3.8) is 0 Å². The molecule has 4 nitrogen and oxygen atoms in total. The summed E-state index contributed by atoms with van der Waals surface area (Å²) in [6, 6.07) is 0.255. The molecule has 0 aromatic heterocycles. The number of aliphatic hydroxyl groups is 1. The fourth-order valence-electron chi connectivity index (χ4n) is 1.89. The summed E-state index contributed by atoms with van der Waals surface area (Å²) in [4.78, 5) is 13.2. The zero-order valence-corrected chi connectivity index (χ0v) is 8.90. The first-order valence-corrected chi connectivity index (χ1v) is 5.19. The highest BCUT2D eigenvalue weighted by atomic mass is 16.6. The second-order valence-corrected chi connectivity index (χ2v) is 4.01. The monoisotopic (exact) mass is 201 g/mol. The Bertz CT molecular complexity index is 196. The van der Waals surface area contributed by atoms with E-state index in [9.17, 15) is 4.79 Å². The molecule has 14 heavy (non-hydrogen) atoms. The van der Waals surface area contributed by atoms with E-state index in [-0.39, 0.29) is 25.3 Å². The largest absolute Gasteiger partial charge is 0.447 e. The summed E-state index contributed by atoms with van der Waals surface area (Å²) in [5, 5.41) is 8.53. The Morgan fingerprint density at radius 2 is 2.29 bits per heavy atom. The second-order valence-electron chi connectivity index (χ2n) is 4.01. The molecule has 0 aromatic carbocycles. The molecular weight excluding hydrogens is 182 g/mol. The molecular formula is C10H19NO3. The van der Waals surface area contributed by atoms with Crippen LogP contribution in [-0.2, 0) is 4.74 Å². The lowest BCUT2D eigenvalue weighted by Gasteiger charge is -2.35. The van der Waals surface area contributed by atoms with Gasteiger partial charge in [-0.2, -0.15) is 0 Å². The van der Waals surface area contributed by atoms with Crippen molar-refractivity contribution >= 4 is 6.09 Å². The summed E-state index contributed by atoms with van der Waals surface area (Å²) in [6.45, 7) is 5.00. The first kappa shape index (κ1) is 11.3. The maximum absolute atomic E-state index is 11.5. The Balaban J connectivity index is 2.39. The highest BCUT2D eigenvalue weighted by Crippen LogP contribution is 2.22. The second kappa shape index (κ2) is 5.20. The first-order chi connectivity index (χ1) is 6.65. The van der Waals surface area contributed by atoms with Crippen molar-refractivity contribution in [2.45, 2.75) is 32.7 Å². The Labute approximate surface area is 84.8 Å². The number of carbonyl (C=O) groups excluding carboxylic acids is 1. The predicted molar refractivity (Wildman–Crippen MR) is 53.0 cm³/mol. The van der Waals surface area contributed by atoms with Crippen molar-refractivity contribution in [3.05, 3.63) is 0 Å². The van der Waals surface area contributed by atoms with Crippen LogP contribution in [0.4, 0.5) is 4.79 Å².